The number of unbranched alkanes of at least 4 members (excludes halogenated alkanes) is 1. The molecule has 1 spiro atoms. The van der Waals surface area contributed by atoms with Gasteiger partial charge in [0, 0.05) is 0 Å². The van der Waals surface area contributed by atoms with Gasteiger partial charge in [-0.2, -0.15) is 0 Å². The molecule has 0 bridgehead atoms. The molecule has 0 radical (unpaired) electrons. The molecule has 0 heteroatoms. The van der Waals surface area contributed by atoms with Gasteiger partial charge in [-0.15, -0.1) is 0 Å². The Morgan fingerprint density at radius 2 is 2.14 bits per heavy atom. The van der Waals surface area contributed by atoms with E-state index in [1.54, 1.807) is 6.42 Å². The lowest BCUT2D eigenvalue weighted by molar-refractivity contribution is 0.100. The van der Waals surface area contributed by atoms with Crippen molar-refractivity contribution >= 4 is 0 Å². The third-order valence-corrected chi connectivity index (χ3v) is 6.21. The van der Waals surface area contributed by atoms with Crippen LogP contribution in [0.15, 0.2) is 0 Å². The van der Waals surface area contributed by atoms with Crippen molar-refractivity contribution in [3.63, 3.8) is 0 Å². The third-order valence-electron chi connectivity index (χ3n) is 6.21. The van der Waals surface area contributed by atoms with Crippen LogP contribution in [0.25, 0.3) is 0 Å². The maximum Gasteiger partial charge on any atom is -0.0142 e. The smallest absolute Gasteiger partial charge is 0.0142 e. The summed E-state index contributed by atoms with van der Waals surface area (Å²) in [5, 5.41) is 0. The fraction of sp³-hybridized carbons (Fsp3) is 1.00. The van der Waals surface area contributed by atoms with E-state index < -0.39 is 0 Å². The molecule has 0 aromatic heterocycles. The van der Waals surface area contributed by atoms with Gasteiger partial charge in [-0.3, -0.25) is 0 Å². The Labute approximate surface area is 88.5 Å². The second-order valence-electron chi connectivity index (χ2n) is 6.50. The molecule has 0 aliphatic heterocycles. The second-order valence-corrected chi connectivity index (χ2v) is 6.50. The van der Waals surface area contributed by atoms with Gasteiger partial charge in [-0.05, 0) is 40.9 Å². The van der Waals surface area contributed by atoms with Crippen molar-refractivity contribution in [3.8, 4) is 0 Å². The highest BCUT2D eigenvalue weighted by Gasteiger charge is 3.00. The van der Waals surface area contributed by atoms with Crippen molar-refractivity contribution in [1.82, 2.24) is 0 Å². The molecule has 3 aliphatic carbocycles. The maximum atomic E-state index is 2.58. The van der Waals surface area contributed by atoms with E-state index in [1.165, 1.54) is 25.2 Å². The molecule has 3 fully saturated rings. The fourth-order valence-corrected chi connectivity index (χ4v) is 5.63. The second kappa shape index (κ2) is 2.39. The normalized spacial score (nSPS) is 59.6. The number of rotatable bonds is 4. The van der Waals surface area contributed by atoms with Crippen LogP contribution in [0, 0.1) is 34.5 Å². The Bertz CT molecular complexity index is 263. The molecule has 14 heavy (non-hydrogen) atoms. The highest BCUT2D eigenvalue weighted by molar-refractivity contribution is 5.46. The Balaban J connectivity index is 1.63. The van der Waals surface area contributed by atoms with E-state index in [-0.39, 0.29) is 0 Å². The van der Waals surface area contributed by atoms with Crippen LogP contribution in [-0.2, 0) is 0 Å². The van der Waals surface area contributed by atoms with E-state index in [0.29, 0.717) is 0 Å². The molecule has 0 heterocycles. The van der Waals surface area contributed by atoms with Crippen LogP contribution in [0.1, 0.15) is 53.4 Å². The lowest BCUT2D eigenvalue weighted by Crippen LogP contribution is -2.32. The van der Waals surface area contributed by atoms with E-state index in [1.807, 2.05) is 0 Å². The van der Waals surface area contributed by atoms with Gasteiger partial charge in [0.15, 0.2) is 0 Å². The summed E-state index contributed by atoms with van der Waals surface area (Å²) >= 11 is 0. The molecular formula is C14H24. The summed E-state index contributed by atoms with van der Waals surface area (Å²) in [5.41, 5.74) is 1.72. The van der Waals surface area contributed by atoms with E-state index in [0.717, 1.165) is 28.6 Å². The molecule has 0 nitrogen and oxygen atoms in total. The van der Waals surface area contributed by atoms with Crippen LogP contribution in [0.4, 0.5) is 0 Å². The van der Waals surface area contributed by atoms with Crippen LogP contribution < -0.4 is 0 Å². The van der Waals surface area contributed by atoms with Crippen LogP contribution in [0.3, 0.4) is 0 Å². The van der Waals surface area contributed by atoms with Crippen molar-refractivity contribution in [1.29, 1.82) is 0 Å². The molecule has 0 aromatic rings. The Morgan fingerprint density at radius 1 is 1.43 bits per heavy atom. The minimum absolute atomic E-state index is 0.833. The summed E-state index contributed by atoms with van der Waals surface area (Å²) in [6.45, 7) is 9.90. The third kappa shape index (κ3) is 0.657. The predicted octanol–water partition coefficient (Wildman–Crippen LogP) is 4.10. The van der Waals surface area contributed by atoms with Gasteiger partial charge in [0.1, 0.15) is 0 Å². The van der Waals surface area contributed by atoms with Gasteiger partial charge in [0.05, 0.1) is 0 Å². The van der Waals surface area contributed by atoms with Crippen molar-refractivity contribution < 1.29 is 0 Å². The summed E-state index contributed by atoms with van der Waals surface area (Å²) in [5.74, 6) is 4.36. The van der Waals surface area contributed by atoms with Crippen LogP contribution in [0.2, 0.25) is 0 Å². The van der Waals surface area contributed by atoms with Crippen LogP contribution in [-0.4, -0.2) is 0 Å². The minimum Gasteiger partial charge on any atom is -0.0654 e. The fourth-order valence-electron chi connectivity index (χ4n) is 5.63. The van der Waals surface area contributed by atoms with E-state index in [4.69, 9.17) is 0 Å². The Hall–Kier alpha value is 0. The van der Waals surface area contributed by atoms with Crippen molar-refractivity contribution in [2.45, 2.75) is 53.4 Å². The average Bonchev–Trinajstić information content (AvgIpc) is 2.89. The lowest BCUT2D eigenvalue weighted by atomic mass is 9.66. The number of hydrogen-bond donors (Lipinski definition) is 0. The van der Waals surface area contributed by atoms with E-state index >= 15 is 0 Å². The first-order valence-corrected chi connectivity index (χ1v) is 6.61. The van der Waals surface area contributed by atoms with Crippen LogP contribution >= 0.6 is 0 Å². The van der Waals surface area contributed by atoms with Crippen molar-refractivity contribution in [2.24, 2.45) is 34.5 Å². The monoisotopic (exact) mass is 192 g/mol. The molecule has 3 saturated carbocycles. The molecule has 0 saturated heterocycles. The molecular weight excluding hydrogens is 168 g/mol. The van der Waals surface area contributed by atoms with Crippen molar-refractivity contribution in [2.75, 3.05) is 0 Å². The highest BCUT2D eigenvalue weighted by Crippen LogP contribution is 3.04. The molecule has 3 rings (SSSR count). The topological polar surface area (TPSA) is 0 Å². The summed E-state index contributed by atoms with van der Waals surface area (Å²) in [6, 6.07) is 0. The molecule has 0 aromatic carbocycles. The summed E-state index contributed by atoms with van der Waals surface area (Å²) in [7, 11) is 0. The van der Waals surface area contributed by atoms with E-state index in [2.05, 4.69) is 27.7 Å². The average molecular weight is 192 g/mol. The Kier molecular flexibility index (Phi) is 1.58. The number of hydrogen-bond acceptors (Lipinski definition) is 0. The molecule has 6 atom stereocenters. The molecule has 3 aliphatic rings. The Morgan fingerprint density at radius 3 is 2.57 bits per heavy atom. The standard InChI is InChI=1S/C14H24/c1-5-6-7-9(2)12-13(4)11-8-10(3)14(11,12)13/h9-12H,5-8H2,1-4H3. The van der Waals surface area contributed by atoms with Gasteiger partial charge in [0.25, 0.3) is 0 Å². The molecule has 0 N–H and O–H groups in total. The molecule has 6 unspecified atom stereocenters. The zero-order chi connectivity index (χ0) is 10.1. The highest BCUT2D eigenvalue weighted by atomic mass is 15.0. The van der Waals surface area contributed by atoms with E-state index in [9.17, 15) is 0 Å². The summed E-state index contributed by atoms with van der Waals surface area (Å²) in [6.07, 6.45) is 5.86. The first kappa shape index (κ1) is 9.24. The maximum absolute atomic E-state index is 2.58. The SMILES string of the molecule is CCCCC(C)C1C2(C)C3CC(C)C312. The van der Waals surface area contributed by atoms with Crippen LogP contribution in [0.5, 0.6) is 0 Å². The van der Waals surface area contributed by atoms with Gasteiger partial charge in [-0.25, -0.2) is 0 Å². The zero-order valence-electron chi connectivity index (χ0n) is 10.1. The van der Waals surface area contributed by atoms with Gasteiger partial charge < -0.3 is 0 Å². The summed E-state index contributed by atoms with van der Waals surface area (Å²) in [4.78, 5) is 0. The molecule has 0 amide bonds. The minimum atomic E-state index is 0.833. The molecule has 80 valence electrons. The zero-order valence-corrected chi connectivity index (χ0v) is 10.1. The van der Waals surface area contributed by atoms with Gasteiger partial charge >= 0.3 is 0 Å². The number of fused-ring (bicyclic) bond motifs is 1. The van der Waals surface area contributed by atoms with Gasteiger partial charge in [-0.1, -0.05) is 47.0 Å². The first-order valence-electron chi connectivity index (χ1n) is 6.61. The first-order chi connectivity index (χ1) is 6.61. The summed E-state index contributed by atoms with van der Waals surface area (Å²) < 4.78 is 0. The van der Waals surface area contributed by atoms with Gasteiger partial charge in [0.2, 0.25) is 0 Å². The quantitative estimate of drug-likeness (QED) is 0.629. The lowest BCUT2D eigenvalue weighted by Gasteiger charge is -2.38. The predicted molar refractivity (Wildman–Crippen MR) is 60.0 cm³/mol. The largest absolute Gasteiger partial charge is 0.0654 e. The van der Waals surface area contributed by atoms with Crippen molar-refractivity contribution in [3.05, 3.63) is 0 Å².